The highest BCUT2D eigenvalue weighted by Gasteiger charge is 2.25. The number of alkyl halides is 1. The van der Waals surface area contributed by atoms with E-state index in [0.717, 1.165) is 6.61 Å². The highest BCUT2D eigenvalue weighted by molar-refractivity contribution is 7.91. The van der Waals surface area contributed by atoms with Crippen LogP contribution in [-0.2, 0) is 29.1 Å². The molecule has 0 spiro atoms. The third kappa shape index (κ3) is 9.72. The number of ether oxygens (including phenoxy) is 3. The minimum Gasteiger partial charge on any atom is -0.507 e. The number of sulfone groups is 2. The Balaban J connectivity index is 0.000000187. The van der Waals surface area contributed by atoms with Gasteiger partial charge in [-0.1, -0.05) is 36.4 Å². The number of benzene rings is 4. The van der Waals surface area contributed by atoms with Crippen LogP contribution in [0, 0.1) is 0 Å². The number of phenolic OH excluding ortho intramolecular Hbond substituents is 1. The van der Waals surface area contributed by atoms with Gasteiger partial charge in [0.1, 0.15) is 24.2 Å². The Hall–Kier alpha value is -4.07. The number of carbonyl (C=O) groups excluding carboxylic acids is 2. The summed E-state index contributed by atoms with van der Waals surface area (Å²) in [6.07, 6.45) is 0.458. The van der Waals surface area contributed by atoms with Gasteiger partial charge in [0.2, 0.25) is 19.7 Å². The van der Waals surface area contributed by atoms with Crippen molar-refractivity contribution in [1.29, 1.82) is 0 Å². The zero-order valence-electron chi connectivity index (χ0n) is 25.5. The van der Waals surface area contributed by atoms with Gasteiger partial charge in [0.25, 0.3) is 0 Å². The van der Waals surface area contributed by atoms with E-state index in [1.807, 2.05) is 0 Å². The minimum atomic E-state index is -3.68. The van der Waals surface area contributed by atoms with Gasteiger partial charge in [0.15, 0.2) is 11.6 Å². The van der Waals surface area contributed by atoms with Crippen molar-refractivity contribution in [3.05, 3.63) is 108 Å². The molecule has 47 heavy (non-hydrogen) atoms. The summed E-state index contributed by atoms with van der Waals surface area (Å²) in [6.45, 7) is 4.53. The summed E-state index contributed by atoms with van der Waals surface area (Å²) in [6, 6.07) is 24.1. The van der Waals surface area contributed by atoms with Gasteiger partial charge in [-0.3, -0.25) is 9.59 Å². The largest absolute Gasteiger partial charge is 0.507 e. The first-order chi connectivity index (χ1) is 22.3. The van der Waals surface area contributed by atoms with E-state index in [4.69, 9.17) is 25.8 Å². The van der Waals surface area contributed by atoms with Crippen molar-refractivity contribution >= 4 is 42.8 Å². The van der Waals surface area contributed by atoms with Crippen molar-refractivity contribution in [1.82, 2.24) is 0 Å². The third-order valence-electron chi connectivity index (χ3n) is 6.81. The maximum atomic E-state index is 12.6. The van der Waals surface area contributed by atoms with Gasteiger partial charge in [-0.15, -0.1) is 11.6 Å². The molecule has 0 saturated carbocycles. The minimum absolute atomic E-state index is 0.00277. The molecule has 0 aliphatic carbocycles. The van der Waals surface area contributed by atoms with Crippen LogP contribution in [0.25, 0.3) is 0 Å². The third-order valence-corrected chi connectivity index (χ3v) is 10.7. The molecular formula is C34H33ClO10S2. The van der Waals surface area contributed by atoms with Crippen LogP contribution in [0.1, 0.15) is 34.6 Å². The molecule has 2 saturated heterocycles. The molecule has 10 nitrogen and oxygen atoms in total. The van der Waals surface area contributed by atoms with Gasteiger partial charge in [-0.2, -0.15) is 0 Å². The van der Waals surface area contributed by atoms with E-state index in [0.29, 0.717) is 30.9 Å². The van der Waals surface area contributed by atoms with Gasteiger partial charge in [0.05, 0.1) is 55.9 Å². The summed E-state index contributed by atoms with van der Waals surface area (Å²) in [5, 5.41) is 9.53. The van der Waals surface area contributed by atoms with Crippen molar-refractivity contribution in [3.63, 3.8) is 0 Å². The van der Waals surface area contributed by atoms with Crippen molar-refractivity contribution in [3.8, 4) is 11.5 Å². The Morgan fingerprint density at radius 2 is 1.15 bits per heavy atom. The molecule has 13 heteroatoms. The van der Waals surface area contributed by atoms with Crippen molar-refractivity contribution in [2.75, 3.05) is 25.7 Å². The second-order valence-corrected chi connectivity index (χ2v) is 14.7. The summed E-state index contributed by atoms with van der Waals surface area (Å²) in [5.74, 6) is 0.184. The quantitative estimate of drug-likeness (QED) is 0.126. The second kappa shape index (κ2) is 15.7. The van der Waals surface area contributed by atoms with Gasteiger partial charge in [0, 0.05) is 0 Å². The molecule has 2 fully saturated rings. The van der Waals surface area contributed by atoms with E-state index < -0.39 is 19.7 Å². The van der Waals surface area contributed by atoms with Gasteiger partial charge >= 0.3 is 0 Å². The molecule has 0 aromatic heterocycles. The average Bonchev–Trinajstić information content (AvgIpc) is 4.00. The SMILES string of the molecule is CC(=O)c1cc(S(=O)(=O)c2ccccc2)ccc1O.CC(=O)c1cc(S(=O)(=O)c2ccccc2)ccc1OCC1CO1.ClCC1CO1. The lowest BCUT2D eigenvalue weighted by molar-refractivity contribution is 0.100. The first-order valence-corrected chi connectivity index (χ1v) is 17.9. The first kappa shape index (κ1) is 35.8. The molecule has 2 unspecified atom stereocenters. The molecule has 248 valence electrons. The van der Waals surface area contributed by atoms with E-state index in [1.54, 1.807) is 36.4 Å². The number of carbonyl (C=O) groups is 2. The summed E-state index contributed by atoms with van der Waals surface area (Å²) in [5.41, 5.74) is 0.250. The Bertz CT molecular complexity index is 1920. The number of hydrogen-bond donors (Lipinski definition) is 1. The number of rotatable bonds is 10. The molecule has 2 aliphatic heterocycles. The highest BCUT2D eigenvalue weighted by Crippen LogP contribution is 2.29. The van der Waals surface area contributed by atoms with E-state index in [-0.39, 0.29) is 54.1 Å². The monoisotopic (exact) mass is 700 g/mol. The van der Waals surface area contributed by atoms with E-state index in [2.05, 4.69) is 0 Å². The fourth-order valence-corrected chi connectivity index (χ4v) is 6.81. The molecule has 4 aromatic rings. The standard InChI is InChI=1S/C17H16O5S.C14H12O4S.C3H5ClO/c1-12(18)16-9-15(7-8-17(16)22-11-13-10-21-13)23(19,20)14-5-3-2-4-6-14;1-10(15)13-9-12(7-8-14(13)16)19(17,18)11-5-3-2-4-6-11;4-1-3-2-5-3/h2-9,13H,10-11H2,1H3;2-9,16H,1H3;3H,1-2H2. The molecule has 2 aliphatic rings. The zero-order chi connectivity index (χ0) is 34.2. The van der Waals surface area contributed by atoms with Gasteiger partial charge < -0.3 is 19.3 Å². The zero-order valence-corrected chi connectivity index (χ0v) is 27.9. The Kier molecular flexibility index (Phi) is 11.9. The molecule has 0 bridgehead atoms. The summed E-state index contributed by atoms with van der Waals surface area (Å²) >= 11 is 5.27. The van der Waals surface area contributed by atoms with Crippen molar-refractivity contribution < 1.29 is 45.7 Å². The van der Waals surface area contributed by atoms with Crippen molar-refractivity contribution in [2.45, 2.75) is 45.6 Å². The van der Waals surface area contributed by atoms with Crippen LogP contribution >= 0.6 is 11.6 Å². The van der Waals surface area contributed by atoms with E-state index >= 15 is 0 Å². The molecule has 4 aromatic carbocycles. The average molecular weight is 701 g/mol. The van der Waals surface area contributed by atoms with Crippen LogP contribution in [0.4, 0.5) is 0 Å². The van der Waals surface area contributed by atoms with Crippen LogP contribution in [0.2, 0.25) is 0 Å². The lowest BCUT2D eigenvalue weighted by Gasteiger charge is -2.11. The molecule has 2 heterocycles. The van der Waals surface area contributed by atoms with Crippen LogP contribution in [0.5, 0.6) is 11.5 Å². The van der Waals surface area contributed by atoms with Gasteiger partial charge in [-0.25, -0.2) is 16.8 Å². The number of ketones is 2. The van der Waals surface area contributed by atoms with Crippen molar-refractivity contribution in [2.24, 2.45) is 0 Å². The number of phenols is 1. The number of hydrogen-bond acceptors (Lipinski definition) is 10. The molecule has 1 N–H and O–H groups in total. The predicted molar refractivity (Wildman–Crippen MR) is 174 cm³/mol. The molecule has 2 atom stereocenters. The van der Waals surface area contributed by atoms with Crippen LogP contribution in [-0.4, -0.2) is 71.4 Å². The Morgan fingerprint density at radius 1 is 0.702 bits per heavy atom. The maximum Gasteiger partial charge on any atom is 0.206 e. The number of epoxide rings is 2. The number of halogens is 1. The predicted octanol–water partition coefficient (Wildman–Crippen LogP) is 5.55. The lowest BCUT2D eigenvalue weighted by Crippen LogP contribution is -2.09. The Morgan fingerprint density at radius 3 is 1.55 bits per heavy atom. The fraction of sp³-hybridized carbons (Fsp3) is 0.235. The van der Waals surface area contributed by atoms with Gasteiger partial charge in [-0.05, 0) is 74.5 Å². The van der Waals surface area contributed by atoms with Crippen LogP contribution in [0.15, 0.2) is 117 Å². The van der Waals surface area contributed by atoms with E-state index in [1.165, 1.54) is 74.5 Å². The second-order valence-electron chi connectivity index (χ2n) is 10.5. The number of Topliss-reactive ketones (excluding diaryl/α,β-unsaturated/α-hetero) is 2. The summed E-state index contributed by atoms with van der Waals surface area (Å²) in [4.78, 5) is 23.6. The van der Waals surface area contributed by atoms with Crippen LogP contribution < -0.4 is 4.74 Å². The topological polar surface area (TPSA) is 157 Å². The van der Waals surface area contributed by atoms with E-state index in [9.17, 15) is 31.5 Å². The number of aromatic hydroxyl groups is 1. The lowest BCUT2D eigenvalue weighted by atomic mass is 10.1. The summed E-state index contributed by atoms with van der Waals surface area (Å²) in [7, 11) is -7.34. The molecular weight excluding hydrogens is 668 g/mol. The normalized spacial score (nSPS) is 16.4. The first-order valence-electron chi connectivity index (χ1n) is 14.4. The summed E-state index contributed by atoms with van der Waals surface area (Å²) < 4.78 is 65.2. The molecule has 0 radical (unpaired) electrons. The molecule has 6 rings (SSSR count). The Labute approximate surface area is 278 Å². The van der Waals surface area contributed by atoms with Crippen LogP contribution in [0.3, 0.4) is 0 Å². The fourth-order valence-electron chi connectivity index (χ4n) is 4.02. The highest BCUT2D eigenvalue weighted by atomic mass is 35.5. The maximum absolute atomic E-state index is 12.6. The smallest absolute Gasteiger partial charge is 0.206 e. The molecule has 0 amide bonds.